The zero-order chi connectivity index (χ0) is 91.5. The number of pyridine rings is 2. The van der Waals surface area contributed by atoms with Gasteiger partial charge in [-0.2, -0.15) is 0 Å². The van der Waals surface area contributed by atoms with E-state index in [1.807, 2.05) is 18.7 Å². The Bertz CT molecular complexity index is 4920. The van der Waals surface area contributed by atoms with Gasteiger partial charge in [-0.15, -0.1) is 0 Å². The van der Waals surface area contributed by atoms with E-state index in [0.717, 1.165) is 12.1 Å². The number of ether oxygens (including phenoxy) is 14. The second-order valence-corrected chi connectivity index (χ2v) is 38.7. The first kappa shape index (κ1) is 92.9. The molecular weight excluding hydrogens is 1650 g/mol. The fourth-order valence-electron chi connectivity index (χ4n) is 21.8. The lowest BCUT2D eigenvalue weighted by Crippen LogP contribution is -2.79. The van der Waals surface area contributed by atoms with E-state index in [4.69, 9.17) is 66.3 Å². The summed E-state index contributed by atoms with van der Waals surface area (Å²) in [6, 6.07) is 17.6. The van der Waals surface area contributed by atoms with Crippen molar-refractivity contribution in [3.8, 4) is 0 Å². The summed E-state index contributed by atoms with van der Waals surface area (Å²) in [6.45, 7) is 31.5. The van der Waals surface area contributed by atoms with Gasteiger partial charge in [-0.05, 0) is 158 Å². The second-order valence-electron chi connectivity index (χ2n) is 38.7. The number of benzene rings is 2. The molecule has 9 fully saturated rings. The molecule has 5 aliphatic heterocycles. The molecule has 32 nitrogen and oxygen atoms in total. The van der Waals surface area contributed by atoms with E-state index in [-0.39, 0.29) is 30.9 Å². The van der Waals surface area contributed by atoms with Gasteiger partial charge in [0.1, 0.15) is 106 Å². The van der Waals surface area contributed by atoms with E-state index in [1.54, 1.807) is 144 Å². The highest BCUT2D eigenvalue weighted by molar-refractivity contribution is 5.90. The van der Waals surface area contributed by atoms with Crippen LogP contribution in [0.4, 0.5) is 18.4 Å². The highest BCUT2D eigenvalue weighted by atomic mass is 19.1. The quantitative estimate of drug-likeness (QED) is 0.0262. The number of fused-ring (bicyclic) bond motifs is 16. The molecule has 0 radical (unpaired) electrons. The summed E-state index contributed by atoms with van der Waals surface area (Å²) in [4.78, 5) is 120. The van der Waals surface area contributed by atoms with Crippen molar-refractivity contribution in [1.29, 1.82) is 0 Å². The van der Waals surface area contributed by atoms with Gasteiger partial charge in [-0.3, -0.25) is 24.5 Å². The molecule has 4 aromatic rings. The fourth-order valence-corrected chi connectivity index (χ4v) is 21.8. The van der Waals surface area contributed by atoms with Crippen molar-refractivity contribution >= 4 is 48.0 Å². The van der Waals surface area contributed by atoms with E-state index < -0.39 is 255 Å². The molecule has 15 rings (SSSR count). The molecule has 126 heavy (non-hydrogen) atoms. The average Bonchev–Trinajstić information content (AvgIpc) is 1.13. The number of aromatic nitrogens is 2. The summed E-state index contributed by atoms with van der Waals surface area (Å²) in [5.74, 6) is -9.25. The molecule has 24 atom stereocenters. The van der Waals surface area contributed by atoms with Crippen LogP contribution in [0.3, 0.4) is 0 Å². The van der Waals surface area contributed by atoms with Crippen LogP contribution in [0, 0.1) is 45.1 Å². The first-order valence-electron chi connectivity index (χ1n) is 42.7. The number of β-amino-alcohol motifs (C(OH)–C–C–N with tert-alkyl or cyclic N) is 1. The Morgan fingerprint density at radius 2 is 0.976 bits per heavy atom. The summed E-state index contributed by atoms with van der Waals surface area (Å²) in [5, 5.41) is 66.0. The van der Waals surface area contributed by atoms with Crippen LogP contribution in [0.2, 0.25) is 0 Å². The lowest BCUT2D eigenvalue weighted by Gasteiger charge is -2.68. The Balaban J connectivity index is 0.000000205. The zero-order valence-electron chi connectivity index (χ0n) is 73.6. The third-order valence-corrected chi connectivity index (χ3v) is 27.7. The summed E-state index contributed by atoms with van der Waals surface area (Å²) in [5.41, 5.74) is -12.6. The van der Waals surface area contributed by atoms with E-state index >= 15 is 8.78 Å². The highest BCUT2D eigenvalue weighted by Crippen LogP contribution is 2.70. The number of hydrogen-bond acceptors (Lipinski definition) is 30. The first-order chi connectivity index (χ1) is 59.1. The second kappa shape index (κ2) is 34.3. The summed E-state index contributed by atoms with van der Waals surface area (Å²) < 4.78 is 119. The number of halogens is 2. The Kier molecular flexibility index (Phi) is 25.3. The molecule has 7 N–H and O–H groups in total. The highest BCUT2D eigenvalue weighted by Gasteiger charge is 2.80. The predicted octanol–water partition coefficient (Wildman–Crippen LogP) is 8.87. The van der Waals surface area contributed by atoms with Gasteiger partial charge >= 0.3 is 48.0 Å². The third-order valence-electron chi connectivity index (χ3n) is 27.7. The molecule has 4 bridgehead atoms. The van der Waals surface area contributed by atoms with Crippen LogP contribution in [-0.4, -0.2) is 247 Å². The Morgan fingerprint density at radius 3 is 1.33 bits per heavy atom. The predicted molar refractivity (Wildman–Crippen MR) is 438 cm³/mol. The monoisotopic (exact) mass is 1760 g/mol. The van der Waals surface area contributed by atoms with Crippen molar-refractivity contribution in [2.24, 2.45) is 33.5 Å². The number of amides is 2. The minimum atomic E-state index is -2.26. The Labute approximate surface area is 729 Å². The molecule has 2 amide bonds. The van der Waals surface area contributed by atoms with E-state index in [0.29, 0.717) is 61.1 Å². The van der Waals surface area contributed by atoms with Gasteiger partial charge in [-0.25, -0.2) is 37.5 Å². The number of likely N-dealkylation sites (tertiary alicyclic amines) is 1. The van der Waals surface area contributed by atoms with Crippen molar-refractivity contribution in [2.45, 2.75) is 287 Å². The Hall–Kier alpha value is -9.30. The number of aliphatic hydroxyl groups is 5. The molecular formula is C92H115F2N5O27. The van der Waals surface area contributed by atoms with Gasteiger partial charge in [-0.1, -0.05) is 84.5 Å². The van der Waals surface area contributed by atoms with Crippen molar-refractivity contribution in [2.75, 3.05) is 32.8 Å². The van der Waals surface area contributed by atoms with Crippen LogP contribution < -0.4 is 10.6 Å². The van der Waals surface area contributed by atoms with Gasteiger partial charge in [0.05, 0.1) is 54.5 Å². The number of carbonyl (C=O) groups is 8. The van der Waals surface area contributed by atoms with Crippen LogP contribution in [0.25, 0.3) is 0 Å². The number of carbonyl (C=O) groups excluding carboxylic acids is 8. The molecule has 7 heterocycles. The fraction of sp³-hybridized carbons (Fsp3) is 0.609. The molecule has 34 heteroatoms. The van der Waals surface area contributed by atoms with Crippen LogP contribution in [-0.2, 0) is 85.5 Å². The van der Waals surface area contributed by atoms with Crippen LogP contribution in [0.1, 0.15) is 193 Å². The maximum absolute atomic E-state index is 15.4. The maximum atomic E-state index is 15.4. The van der Waals surface area contributed by atoms with Gasteiger partial charge in [0.2, 0.25) is 0 Å². The summed E-state index contributed by atoms with van der Waals surface area (Å²) in [7, 11) is 0. The maximum Gasteiger partial charge on any atom is 0.408 e. The van der Waals surface area contributed by atoms with E-state index in [1.165, 1.54) is 44.4 Å². The molecule has 2 aromatic heterocycles. The molecule has 684 valence electrons. The third kappa shape index (κ3) is 16.6. The smallest absolute Gasteiger partial charge is 0.408 e. The molecule has 0 unspecified atom stereocenters. The normalized spacial score (nSPS) is 34.8. The van der Waals surface area contributed by atoms with E-state index in [2.05, 4.69) is 27.2 Å². The lowest BCUT2D eigenvalue weighted by atomic mass is 9.45. The van der Waals surface area contributed by atoms with Crippen LogP contribution >= 0.6 is 0 Å². The first-order valence-corrected chi connectivity index (χ1v) is 42.7. The minimum absolute atomic E-state index is 0.0705. The molecule has 5 saturated heterocycles. The largest absolute Gasteiger partial charge is 0.456 e. The number of hydrogen-bond donors (Lipinski definition) is 7. The topological polar surface area (TPSA) is 420 Å². The number of alkyl carbamates (subject to hydrolysis) is 2. The van der Waals surface area contributed by atoms with Gasteiger partial charge < -0.3 is 102 Å². The van der Waals surface area contributed by atoms with Crippen LogP contribution in [0.5, 0.6) is 0 Å². The van der Waals surface area contributed by atoms with Gasteiger partial charge in [0, 0.05) is 80.4 Å². The van der Waals surface area contributed by atoms with Crippen molar-refractivity contribution in [3.05, 3.63) is 166 Å². The lowest BCUT2D eigenvalue weighted by molar-refractivity contribution is -0.345. The SMILES string of the molecule is C=C[C@@H]1O[C@@H]2C3=C(C)[C@@H](OC(=O)[C@H](O)[C@@H](NC(=O)OC(C)(C)C)c4ncccc4F)C[C@@](O)([C@@H](OC(=O)c4ccccc4)[C@H]4[C@@](C)(CC[C@H]5OC[C@]54OC(C)=O)[C@@H]2O1)C3(C)C.CC(=O)O[C@@]12CO[C@@H]1CC[C@@]1(C)[C@@H]3O[C@H](CN4CC(O)C4)O[C@@H]3C3=C(C)[C@@H](OC(=O)[C@H](O)[C@@H](NC(=O)OC(C)(C)C)c4ncccc4F)C[C@@](O)([C@@H](OC(=O)c4ccccc4)[C@@H]12)C3(C)C. The number of esters is 6. The molecule has 0 spiro atoms. The number of aliphatic hydroxyl groups excluding tert-OH is 3. The van der Waals surface area contributed by atoms with Crippen molar-refractivity contribution < 1.29 is 139 Å². The summed E-state index contributed by atoms with van der Waals surface area (Å²) >= 11 is 0. The minimum Gasteiger partial charge on any atom is -0.456 e. The Morgan fingerprint density at radius 1 is 0.579 bits per heavy atom. The number of rotatable bonds is 19. The van der Waals surface area contributed by atoms with Gasteiger partial charge in [0.15, 0.2) is 36.0 Å². The number of nitrogens with one attached hydrogen (secondary N) is 2. The van der Waals surface area contributed by atoms with E-state index in [9.17, 15) is 63.9 Å². The molecule has 4 saturated carbocycles. The number of nitrogens with zero attached hydrogens (tertiary/aromatic N) is 3. The molecule has 11 aliphatic rings. The standard InChI is InChI=1S/C47H60FN3O14.C45H55FN2O13/c1-24-29(60-41(56)35(54)34(33-28(48)15-12-18-49-33)50-42(57)65-43(3,4)5)19-47(58)39(63-40(55)26-13-10-9-11-14-26)37-45(8,17-16-30-46(37,23-59-30)64-25(2)52)38-36(32(24)44(47,6)7)61-31(62-38)22-51-20-27(53)21-51;1-10-29-57-34-30-23(2)27(56-39(52)33(50)32(31-26(46)17-14-20-47-31)48-40(53)61-41(4,5)6)21-45(54,42(30,7)8)37(59-38(51)25-15-12-11-13-16-25)35-43(9,36(34)58-29)19-18-28-44(35,22-55-28)60-24(3)49/h9-15,18,27,29-31,34-39,53-54,58H,16-17,19-23H2,1-8H3,(H,50,57);10-17,20,27-29,32-37,50,54H,1,18-19,21-22H2,2-9H3,(H,48,53)/t29-,30+,31+,34-,35+,36+,37-,38+,39-,45+,46-,47+;27-,28+,29+,32-,33+,34+,35-,36+,37-,43+,44-,45+/m00/s1. The summed E-state index contributed by atoms with van der Waals surface area (Å²) in [6.07, 6.45) is -14.5. The van der Waals surface area contributed by atoms with Crippen LogP contribution in [0.15, 0.2) is 132 Å². The van der Waals surface area contributed by atoms with Crippen molar-refractivity contribution in [3.63, 3.8) is 0 Å². The van der Waals surface area contributed by atoms with Gasteiger partial charge in [0.25, 0.3) is 0 Å². The molecule has 6 aliphatic carbocycles. The molecule has 2 aromatic carbocycles. The van der Waals surface area contributed by atoms with Crippen molar-refractivity contribution in [1.82, 2.24) is 25.5 Å². The zero-order valence-corrected chi connectivity index (χ0v) is 73.6. The average molecular weight is 1760 g/mol.